The van der Waals surface area contributed by atoms with Gasteiger partial charge < -0.3 is 15.3 Å². The highest BCUT2D eigenvalue weighted by Crippen LogP contribution is 2.13. The summed E-state index contributed by atoms with van der Waals surface area (Å²) < 4.78 is 0. The lowest BCUT2D eigenvalue weighted by Crippen LogP contribution is -2.43. The van der Waals surface area contributed by atoms with E-state index in [0.717, 1.165) is 6.42 Å². The summed E-state index contributed by atoms with van der Waals surface area (Å²) in [6.07, 6.45) is 0.726. The van der Waals surface area contributed by atoms with E-state index in [1.165, 1.54) is 0 Å². The molecule has 0 bridgehead atoms. The molecule has 1 heterocycles. The van der Waals surface area contributed by atoms with E-state index in [4.69, 9.17) is 11.6 Å². The van der Waals surface area contributed by atoms with Gasteiger partial charge in [-0.15, -0.1) is 0 Å². The molecule has 1 unspecified atom stereocenters. The Morgan fingerprint density at radius 3 is 2.67 bits per heavy atom. The summed E-state index contributed by atoms with van der Waals surface area (Å²) in [5, 5.41) is 13.7. The van der Waals surface area contributed by atoms with Crippen molar-refractivity contribution in [3.05, 3.63) is 17.0 Å². The van der Waals surface area contributed by atoms with Gasteiger partial charge in [-0.25, -0.2) is 9.97 Å². The molecule has 0 fully saturated rings. The van der Waals surface area contributed by atoms with Gasteiger partial charge in [0.25, 0.3) is 0 Å². The first-order valence-corrected chi connectivity index (χ1v) is 6.34. The van der Waals surface area contributed by atoms with Crippen LogP contribution in [0.25, 0.3) is 0 Å². The molecule has 1 aromatic rings. The summed E-state index contributed by atoms with van der Waals surface area (Å²) in [7, 11) is 3.84. The zero-order chi connectivity index (χ0) is 13.8. The van der Waals surface area contributed by atoms with Gasteiger partial charge in [-0.05, 0) is 21.0 Å². The SMILES string of the molecule is CCc1nc(Cl)cc(NCC(C)(O)CN(C)C)n1. The highest BCUT2D eigenvalue weighted by molar-refractivity contribution is 6.29. The third kappa shape index (κ3) is 5.16. The van der Waals surface area contributed by atoms with E-state index >= 15 is 0 Å². The van der Waals surface area contributed by atoms with Gasteiger partial charge in [0, 0.05) is 25.6 Å². The van der Waals surface area contributed by atoms with Crippen LogP contribution in [-0.4, -0.2) is 52.8 Å². The van der Waals surface area contributed by atoms with Crippen LogP contribution in [0.3, 0.4) is 0 Å². The van der Waals surface area contributed by atoms with Crippen LogP contribution in [0.1, 0.15) is 19.7 Å². The molecule has 0 radical (unpaired) electrons. The van der Waals surface area contributed by atoms with E-state index in [2.05, 4.69) is 15.3 Å². The van der Waals surface area contributed by atoms with E-state index in [0.29, 0.717) is 29.9 Å². The van der Waals surface area contributed by atoms with Crippen molar-refractivity contribution in [2.45, 2.75) is 25.9 Å². The molecule has 0 aromatic carbocycles. The maximum absolute atomic E-state index is 10.2. The largest absolute Gasteiger partial charge is 0.387 e. The fraction of sp³-hybridized carbons (Fsp3) is 0.667. The van der Waals surface area contributed by atoms with Gasteiger partial charge >= 0.3 is 0 Å². The van der Waals surface area contributed by atoms with Crippen LogP contribution in [0.2, 0.25) is 5.15 Å². The molecule has 1 atom stereocenters. The van der Waals surface area contributed by atoms with E-state index in [9.17, 15) is 5.11 Å². The number of aromatic nitrogens is 2. The molecule has 1 aromatic heterocycles. The highest BCUT2D eigenvalue weighted by Gasteiger charge is 2.21. The predicted octanol–water partition coefficient (Wildman–Crippen LogP) is 1.42. The van der Waals surface area contributed by atoms with Crippen molar-refractivity contribution in [2.75, 3.05) is 32.5 Å². The van der Waals surface area contributed by atoms with Gasteiger partial charge in [-0.1, -0.05) is 18.5 Å². The normalized spacial score (nSPS) is 14.6. The lowest BCUT2D eigenvalue weighted by atomic mass is 10.1. The zero-order valence-corrected chi connectivity index (χ0v) is 12.1. The van der Waals surface area contributed by atoms with E-state index < -0.39 is 5.60 Å². The molecule has 5 nitrogen and oxygen atoms in total. The molecule has 0 aliphatic heterocycles. The third-order valence-corrected chi connectivity index (χ3v) is 2.56. The standard InChI is InChI=1S/C12H21ClN4O/c1-5-10-15-9(13)6-11(16-10)14-7-12(2,18)8-17(3)4/h6,18H,5,7-8H2,1-4H3,(H,14,15,16). The molecule has 0 saturated heterocycles. The number of halogens is 1. The highest BCUT2D eigenvalue weighted by atomic mass is 35.5. The Kier molecular flexibility index (Phi) is 5.31. The Hall–Kier alpha value is -0.910. The molecule has 0 aliphatic rings. The summed E-state index contributed by atoms with van der Waals surface area (Å²) in [6, 6.07) is 1.66. The number of nitrogens with one attached hydrogen (secondary N) is 1. The van der Waals surface area contributed by atoms with Crippen molar-refractivity contribution in [3.63, 3.8) is 0 Å². The monoisotopic (exact) mass is 272 g/mol. The number of rotatable bonds is 6. The molecule has 6 heteroatoms. The zero-order valence-electron chi connectivity index (χ0n) is 11.4. The predicted molar refractivity (Wildman–Crippen MR) is 74.1 cm³/mol. The Morgan fingerprint density at radius 2 is 2.11 bits per heavy atom. The number of hydrogen-bond acceptors (Lipinski definition) is 5. The van der Waals surface area contributed by atoms with Crippen LogP contribution >= 0.6 is 11.6 Å². The van der Waals surface area contributed by atoms with E-state index in [-0.39, 0.29) is 0 Å². The van der Waals surface area contributed by atoms with Gasteiger partial charge in [0.15, 0.2) is 0 Å². The van der Waals surface area contributed by atoms with Crippen molar-refractivity contribution in [1.29, 1.82) is 0 Å². The fourth-order valence-electron chi connectivity index (χ4n) is 1.73. The minimum absolute atomic E-state index is 0.404. The van der Waals surface area contributed by atoms with E-state index in [1.54, 1.807) is 13.0 Å². The first-order valence-electron chi connectivity index (χ1n) is 5.97. The Balaban J connectivity index is 2.65. The average molecular weight is 273 g/mol. The lowest BCUT2D eigenvalue weighted by molar-refractivity contribution is 0.0459. The Bertz CT molecular complexity index is 396. The number of hydrogen-bond donors (Lipinski definition) is 2. The second-order valence-corrected chi connectivity index (χ2v) is 5.32. The minimum Gasteiger partial charge on any atom is -0.387 e. The topological polar surface area (TPSA) is 61.3 Å². The summed E-state index contributed by atoms with van der Waals surface area (Å²) in [6.45, 7) is 4.72. The average Bonchev–Trinajstić information content (AvgIpc) is 2.24. The van der Waals surface area contributed by atoms with Crippen LogP contribution in [0, 0.1) is 0 Å². The molecule has 0 spiro atoms. The maximum Gasteiger partial charge on any atom is 0.134 e. The molecule has 0 saturated carbocycles. The molecule has 18 heavy (non-hydrogen) atoms. The van der Waals surface area contributed by atoms with Crippen LogP contribution < -0.4 is 5.32 Å². The van der Waals surface area contributed by atoms with Crippen molar-refractivity contribution in [3.8, 4) is 0 Å². The number of likely N-dealkylation sites (N-methyl/N-ethyl adjacent to an activating group) is 1. The van der Waals surface area contributed by atoms with Gasteiger partial charge in [-0.3, -0.25) is 0 Å². The molecule has 0 amide bonds. The molecule has 102 valence electrons. The molecule has 2 N–H and O–H groups in total. The fourth-order valence-corrected chi connectivity index (χ4v) is 1.93. The van der Waals surface area contributed by atoms with Gasteiger partial charge in [0.2, 0.25) is 0 Å². The number of nitrogens with zero attached hydrogens (tertiary/aromatic N) is 3. The van der Waals surface area contributed by atoms with Gasteiger partial charge in [0.05, 0.1) is 5.60 Å². The third-order valence-electron chi connectivity index (χ3n) is 2.36. The molecular formula is C12H21ClN4O. The first kappa shape index (κ1) is 15.1. The second kappa shape index (κ2) is 6.31. The molecular weight excluding hydrogens is 252 g/mol. The summed E-state index contributed by atoms with van der Waals surface area (Å²) in [4.78, 5) is 10.3. The van der Waals surface area contributed by atoms with Crippen molar-refractivity contribution < 1.29 is 5.11 Å². The second-order valence-electron chi connectivity index (χ2n) is 4.93. The quantitative estimate of drug-likeness (QED) is 0.767. The Morgan fingerprint density at radius 1 is 1.44 bits per heavy atom. The molecule has 1 rings (SSSR count). The summed E-state index contributed by atoms with van der Waals surface area (Å²) in [5.74, 6) is 1.34. The maximum atomic E-state index is 10.2. The number of aryl methyl sites for hydroxylation is 1. The van der Waals surface area contributed by atoms with Crippen molar-refractivity contribution >= 4 is 17.4 Å². The van der Waals surface area contributed by atoms with Crippen molar-refractivity contribution in [1.82, 2.24) is 14.9 Å². The van der Waals surface area contributed by atoms with Gasteiger partial charge in [0.1, 0.15) is 16.8 Å². The van der Waals surface area contributed by atoms with Crippen molar-refractivity contribution in [2.24, 2.45) is 0 Å². The lowest BCUT2D eigenvalue weighted by Gasteiger charge is -2.27. The summed E-state index contributed by atoms with van der Waals surface area (Å²) >= 11 is 5.90. The first-order chi connectivity index (χ1) is 8.32. The van der Waals surface area contributed by atoms with Crippen LogP contribution in [0.15, 0.2) is 6.07 Å². The van der Waals surface area contributed by atoms with Crippen LogP contribution in [-0.2, 0) is 6.42 Å². The van der Waals surface area contributed by atoms with Gasteiger partial charge in [-0.2, -0.15) is 0 Å². The minimum atomic E-state index is -0.826. The van der Waals surface area contributed by atoms with Crippen LogP contribution in [0.5, 0.6) is 0 Å². The summed E-state index contributed by atoms with van der Waals surface area (Å²) in [5.41, 5.74) is -0.826. The Labute approximate surface area is 113 Å². The smallest absolute Gasteiger partial charge is 0.134 e. The number of aliphatic hydroxyl groups is 1. The number of anilines is 1. The molecule has 0 aliphatic carbocycles. The van der Waals surface area contributed by atoms with E-state index in [1.807, 2.05) is 25.9 Å². The van der Waals surface area contributed by atoms with Crippen LogP contribution in [0.4, 0.5) is 5.82 Å².